The number of amides is 2. The minimum absolute atomic E-state index is 0.236. The topological polar surface area (TPSA) is 67.4 Å². The first-order valence-corrected chi connectivity index (χ1v) is 7.92. The molecule has 0 unspecified atom stereocenters. The predicted molar refractivity (Wildman–Crippen MR) is 93.4 cm³/mol. The molecule has 0 heterocycles. The van der Waals surface area contributed by atoms with Crippen LogP contribution in [0.25, 0.3) is 0 Å². The molecule has 0 spiro atoms. The molecule has 0 aliphatic rings. The van der Waals surface area contributed by atoms with Crippen molar-refractivity contribution in [3.8, 4) is 5.75 Å². The van der Waals surface area contributed by atoms with E-state index in [0.717, 1.165) is 5.56 Å². The molecule has 0 aromatic heterocycles. The number of hydrogen-bond acceptors (Lipinski definition) is 3. The average Bonchev–Trinajstić information content (AvgIpc) is 2.59. The molecule has 0 saturated carbocycles. The summed E-state index contributed by atoms with van der Waals surface area (Å²) >= 11 is 11.7. The molecule has 0 radical (unpaired) electrons. The number of hydrogen-bond donors (Lipinski definition) is 2. The number of ether oxygens (including phenoxy) is 1. The monoisotopic (exact) mass is 366 g/mol. The van der Waals surface area contributed by atoms with Crippen molar-refractivity contribution in [2.45, 2.75) is 12.8 Å². The van der Waals surface area contributed by atoms with Crippen LogP contribution in [-0.2, 0) is 11.2 Å². The summed E-state index contributed by atoms with van der Waals surface area (Å²) in [5.41, 5.74) is 6.00. The van der Waals surface area contributed by atoms with Gasteiger partial charge in [-0.25, -0.2) is 0 Å². The molecule has 2 N–H and O–H groups in total. The van der Waals surface area contributed by atoms with Gasteiger partial charge < -0.3 is 4.74 Å². The molecule has 7 heteroatoms. The second-order valence-electron chi connectivity index (χ2n) is 4.97. The van der Waals surface area contributed by atoms with E-state index in [-0.39, 0.29) is 17.9 Å². The van der Waals surface area contributed by atoms with Crippen LogP contribution in [0.3, 0.4) is 0 Å². The maximum atomic E-state index is 12.1. The lowest BCUT2D eigenvalue weighted by Gasteiger charge is -2.10. The highest BCUT2D eigenvalue weighted by molar-refractivity contribution is 6.31. The highest BCUT2D eigenvalue weighted by Gasteiger charge is 2.13. The molecule has 0 aliphatic heterocycles. The van der Waals surface area contributed by atoms with Crippen LogP contribution < -0.4 is 15.6 Å². The third-order valence-electron chi connectivity index (χ3n) is 3.28. The largest absolute Gasteiger partial charge is 0.496 e. The number of methoxy groups -OCH3 is 1. The van der Waals surface area contributed by atoms with E-state index in [1.807, 2.05) is 12.1 Å². The Kier molecular flexibility index (Phi) is 6.46. The summed E-state index contributed by atoms with van der Waals surface area (Å²) < 4.78 is 5.10. The lowest BCUT2D eigenvalue weighted by atomic mass is 10.1. The van der Waals surface area contributed by atoms with Crippen molar-refractivity contribution in [3.63, 3.8) is 0 Å². The van der Waals surface area contributed by atoms with E-state index < -0.39 is 5.91 Å². The smallest absolute Gasteiger partial charge is 0.273 e. The van der Waals surface area contributed by atoms with Crippen molar-refractivity contribution in [1.29, 1.82) is 0 Å². The van der Waals surface area contributed by atoms with Gasteiger partial charge in [0.1, 0.15) is 5.75 Å². The molecule has 0 fully saturated rings. The molecule has 5 nitrogen and oxygen atoms in total. The maximum absolute atomic E-state index is 12.1. The quantitative estimate of drug-likeness (QED) is 0.796. The van der Waals surface area contributed by atoms with Crippen LogP contribution in [0.4, 0.5) is 0 Å². The second kappa shape index (κ2) is 8.57. The van der Waals surface area contributed by atoms with Gasteiger partial charge in [0, 0.05) is 16.5 Å². The van der Waals surface area contributed by atoms with Crippen LogP contribution in [0.5, 0.6) is 5.75 Å². The molecule has 2 rings (SSSR count). The van der Waals surface area contributed by atoms with Crippen LogP contribution in [0, 0.1) is 0 Å². The molecule has 2 amide bonds. The number of hydrazine groups is 1. The Balaban J connectivity index is 1.85. The summed E-state index contributed by atoms with van der Waals surface area (Å²) in [6.45, 7) is 0. The number of aryl methyl sites for hydroxylation is 1. The van der Waals surface area contributed by atoms with Crippen molar-refractivity contribution in [3.05, 3.63) is 63.6 Å². The van der Waals surface area contributed by atoms with E-state index in [4.69, 9.17) is 27.9 Å². The lowest BCUT2D eigenvalue weighted by molar-refractivity contribution is -0.121. The third kappa shape index (κ3) is 5.15. The van der Waals surface area contributed by atoms with E-state index in [1.165, 1.54) is 19.2 Å². The Hall–Kier alpha value is -2.24. The summed E-state index contributed by atoms with van der Waals surface area (Å²) in [5, 5.41) is 1.10. The fraction of sp³-hybridized carbons (Fsp3) is 0.176. The molecule has 24 heavy (non-hydrogen) atoms. The van der Waals surface area contributed by atoms with E-state index in [9.17, 15) is 9.59 Å². The number of benzene rings is 2. The molecule has 0 aliphatic carbocycles. The second-order valence-corrected chi connectivity index (χ2v) is 5.85. The minimum Gasteiger partial charge on any atom is -0.496 e. The van der Waals surface area contributed by atoms with Gasteiger partial charge in [-0.1, -0.05) is 35.3 Å². The average molecular weight is 367 g/mol. The SMILES string of the molecule is COc1cc(Cl)ccc1C(=O)NNC(=O)CCc1ccc(Cl)cc1. The summed E-state index contributed by atoms with van der Waals surface area (Å²) in [4.78, 5) is 23.9. The molecule has 0 bridgehead atoms. The Morgan fingerprint density at radius 1 is 1.00 bits per heavy atom. The molecule has 0 saturated heterocycles. The molecule has 0 atom stereocenters. The summed E-state index contributed by atoms with van der Waals surface area (Å²) in [6.07, 6.45) is 0.781. The van der Waals surface area contributed by atoms with Gasteiger partial charge in [-0.05, 0) is 42.3 Å². The van der Waals surface area contributed by atoms with Gasteiger partial charge in [0.15, 0.2) is 0 Å². The minimum atomic E-state index is -0.483. The van der Waals surface area contributed by atoms with Gasteiger partial charge >= 0.3 is 0 Å². The van der Waals surface area contributed by atoms with Crippen LogP contribution in [0.2, 0.25) is 10.0 Å². The summed E-state index contributed by atoms with van der Waals surface area (Å²) in [6, 6.07) is 11.9. The highest BCUT2D eigenvalue weighted by atomic mass is 35.5. The van der Waals surface area contributed by atoms with Crippen LogP contribution in [0.15, 0.2) is 42.5 Å². The number of rotatable bonds is 5. The fourth-order valence-electron chi connectivity index (χ4n) is 2.02. The van der Waals surface area contributed by atoms with E-state index in [2.05, 4.69) is 10.9 Å². The predicted octanol–water partition coefficient (Wildman–Crippen LogP) is 3.40. The molecule has 2 aromatic carbocycles. The summed E-state index contributed by atoms with van der Waals surface area (Å²) in [5.74, 6) is -0.454. The molecular formula is C17H16Cl2N2O3. The Labute approximate surface area is 149 Å². The van der Waals surface area contributed by atoms with E-state index >= 15 is 0 Å². The Morgan fingerprint density at radius 3 is 2.33 bits per heavy atom. The standard InChI is InChI=1S/C17H16Cl2N2O3/c1-24-15-10-13(19)7-8-14(15)17(23)21-20-16(22)9-4-11-2-5-12(18)6-3-11/h2-3,5-8,10H,4,9H2,1H3,(H,20,22)(H,21,23). The summed E-state index contributed by atoms with van der Waals surface area (Å²) in [7, 11) is 1.44. The van der Waals surface area contributed by atoms with Gasteiger partial charge in [0.05, 0.1) is 12.7 Å². The number of carbonyl (C=O) groups excluding carboxylic acids is 2. The van der Waals surface area contributed by atoms with Crippen molar-refractivity contribution in [2.24, 2.45) is 0 Å². The molecule has 126 valence electrons. The first kappa shape index (κ1) is 18.1. The van der Waals surface area contributed by atoms with Crippen molar-refractivity contribution >= 4 is 35.0 Å². The highest BCUT2D eigenvalue weighted by Crippen LogP contribution is 2.22. The van der Waals surface area contributed by atoms with Gasteiger partial charge in [0.25, 0.3) is 5.91 Å². The van der Waals surface area contributed by atoms with Crippen LogP contribution in [-0.4, -0.2) is 18.9 Å². The maximum Gasteiger partial charge on any atom is 0.273 e. The third-order valence-corrected chi connectivity index (χ3v) is 3.76. The van der Waals surface area contributed by atoms with Gasteiger partial charge in [-0.2, -0.15) is 0 Å². The number of halogens is 2. The van der Waals surface area contributed by atoms with Crippen LogP contribution >= 0.6 is 23.2 Å². The molecular weight excluding hydrogens is 351 g/mol. The van der Waals surface area contributed by atoms with E-state index in [1.54, 1.807) is 18.2 Å². The first-order valence-electron chi connectivity index (χ1n) is 7.17. The van der Waals surface area contributed by atoms with E-state index in [0.29, 0.717) is 22.2 Å². The molecule has 2 aromatic rings. The van der Waals surface area contributed by atoms with Gasteiger partial charge in [-0.15, -0.1) is 0 Å². The van der Waals surface area contributed by atoms with Crippen molar-refractivity contribution in [2.75, 3.05) is 7.11 Å². The van der Waals surface area contributed by atoms with Gasteiger partial charge in [0.2, 0.25) is 5.91 Å². The first-order chi connectivity index (χ1) is 11.5. The zero-order valence-electron chi connectivity index (χ0n) is 12.9. The van der Waals surface area contributed by atoms with Gasteiger partial charge in [-0.3, -0.25) is 20.4 Å². The normalized spacial score (nSPS) is 10.1. The number of nitrogens with one attached hydrogen (secondary N) is 2. The van der Waals surface area contributed by atoms with Crippen molar-refractivity contribution < 1.29 is 14.3 Å². The number of carbonyl (C=O) groups is 2. The zero-order valence-corrected chi connectivity index (χ0v) is 14.4. The van der Waals surface area contributed by atoms with Crippen LogP contribution in [0.1, 0.15) is 22.3 Å². The zero-order chi connectivity index (χ0) is 17.5. The Morgan fingerprint density at radius 2 is 1.67 bits per heavy atom. The Bertz CT molecular complexity index is 733. The lowest BCUT2D eigenvalue weighted by Crippen LogP contribution is -2.41. The van der Waals surface area contributed by atoms with Crippen molar-refractivity contribution in [1.82, 2.24) is 10.9 Å². The fourth-order valence-corrected chi connectivity index (χ4v) is 2.31.